The average molecular weight is 217 g/mol. The maximum Gasteiger partial charge on any atom is 0.348 e. The molecule has 1 N–H and O–H groups in total. The molecule has 0 saturated carbocycles. The lowest BCUT2D eigenvalue weighted by molar-refractivity contribution is 0.915. The van der Waals surface area contributed by atoms with Crippen LogP contribution in [0.5, 0.6) is 0 Å². The number of nitrogens with one attached hydrogen (secondary N) is 1. The molecular formula is C9H7N5O2. The van der Waals surface area contributed by atoms with Gasteiger partial charge in [-0.1, -0.05) is 0 Å². The summed E-state index contributed by atoms with van der Waals surface area (Å²) < 4.78 is 2.90. The first kappa shape index (κ1) is 8.84. The van der Waals surface area contributed by atoms with Crippen LogP contribution in [0.1, 0.15) is 0 Å². The summed E-state index contributed by atoms with van der Waals surface area (Å²) in [5.74, 6) is 0. The zero-order valence-electron chi connectivity index (χ0n) is 8.34. The summed E-state index contributed by atoms with van der Waals surface area (Å²) in [6.45, 7) is 0. The zero-order chi connectivity index (χ0) is 11.3. The van der Waals surface area contributed by atoms with E-state index < -0.39 is 11.2 Å². The lowest BCUT2D eigenvalue weighted by atomic mass is 10.4. The minimum Gasteiger partial charge on any atom is -0.334 e. The van der Waals surface area contributed by atoms with Crippen LogP contribution in [0.25, 0.3) is 16.8 Å². The molecule has 0 aliphatic carbocycles. The third kappa shape index (κ3) is 0.964. The van der Waals surface area contributed by atoms with Crippen LogP contribution in [0, 0.1) is 0 Å². The van der Waals surface area contributed by atoms with Crippen molar-refractivity contribution in [1.29, 1.82) is 0 Å². The van der Waals surface area contributed by atoms with Gasteiger partial charge in [-0.05, 0) is 12.1 Å². The first-order valence-corrected chi connectivity index (χ1v) is 4.61. The summed E-state index contributed by atoms with van der Waals surface area (Å²) in [5.41, 5.74) is 0.0592. The van der Waals surface area contributed by atoms with Crippen LogP contribution in [0.15, 0.2) is 27.9 Å². The molecule has 0 spiro atoms. The van der Waals surface area contributed by atoms with Gasteiger partial charge >= 0.3 is 11.2 Å². The van der Waals surface area contributed by atoms with Crippen molar-refractivity contribution in [2.24, 2.45) is 7.05 Å². The molecule has 16 heavy (non-hydrogen) atoms. The Labute approximate surface area is 88.0 Å². The number of hydrogen-bond donors (Lipinski definition) is 1. The minimum atomic E-state index is -0.521. The first-order valence-electron chi connectivity index (χ1n) is 4.61. The summed E-state index contributed by atoms with van der Waals surface area (Å²) in [5, 5.41) is 5.88. The van der Waals surface area contributed by atoms with Crippen LogP contribution in [-0.2, 0) is 7.05 Å². The fourth-order valence-electron chi connectivity index (χ4n) is 1.71. The van der Waals surface area contributed by atoms with E-state index in [1.165, 1.54) is 4.40 Å². The Morgan fingerprint density at radius 1 is 1.31 bits per heavy atom. The third-order valence-electron chi connectivity index (χ3n) is 2.44. The van der Waals surface area contributed by atoms with Crippen molar-refractivity contribution in [1.82, 2.24) is 24.1 Å². The third-order valence-corrected chi connectivity index (χ3v) is 2.44. The Balaban J connectivity index is 2.79. The molecule has 0 unspecified atom stereocenters. The number of pyridine rings is 1. The summed E-state index contributed by atoms with van der Waals surface area (Å²) in [4.78, 5) is 27.0. The lowest BCUT2D eigenvalue weighted by Gasteiger charge is -2.03. The van der Waals surface area contributed by atoms with Gasteiger partial charge < -0.3 is 4.57 Å². The highest BCUT2D eigenvalue weighted by Gasteiger charge is 2.10. The zero-order valence-corrected chi connectivity index (χ0v) is 8.34. The number of fused-ring (bicyclic) bond motifs is 3. The van der Waals surface area contributed by atoms with E-state index in [-0.39, 0.29) is 5.65 Å². The predicted molar refractivity (Wildman–Crippen MR) is 56.4 cm³/mol. The standard InChI is InChI=1S/C9H7N5O2/c1-13-4-2-3-5-6(13)10-8(15)7-11-12-9(16)14(5)7/h2-4H,1H3,(H,12,16). The molecule has 0 aliphatic heterocycles. The average Bonchev–Trinajstić information content (AvgIpc) is 2.64. The Morgan fingerprint density at radius 3 is 2.94 bits per heavy atom. The highest BCUT2D eigenvalue weighted by Crippen LogP contribution is 2.07. The largest absolute Gasteiger partial charge is 0.348 e. The summed E-state index contributed by atoms with van der Waals surface area (Å²) >= 11 is 0. The number of H-pyrrole nitrogens is 1. The number of aryl methyl sites for hydroxylation is 1. The molecule has 3 rings (SSSR count). The molecule has 0 aliphatic rings. The van der Waals surface area contributed by atoms with Crippen molar-refractivity contribution in [2.75, 3.05) is 0 Å². The van der Waals surface area contributed by atoms with Gasteiger partial charge in [-0.2, -0.15) is 4.98 Å². The van der Waals surface area contributed by atoms with E-state index in [0.29, 0.717) is 11.2 Å². The Hall–Kier alpha value is -2.44. The molecule has 0 aromatic carbocycles. The van der Waals surface area contributed by atoms with Crippen molar-refractivity contribution in [3.05, 3.63) is 39.2 Å². The molecule has 3 aromatic rings. The second-order valence-corrected chi connectivity index (χ2v) is 3.43. The van der Waals surface area contributed by atoms with Crippen LogP contribution < -0.4 is 11.2 Å². The van der Waals surface area contributed by atoms with E-state index in [1.807, 2.05) is 0 Å². The Morgan fingerprint density at radius 2 is 2.12 bits per heavy atom. The molecule has 0 radical (unpaired) electrons. The SMILES string of the molecule is Cn1cccc2c1nc(=O)c1n[nH]c(=O)n12. The van der Waals surface area contributed by atoms with Crippen LogP contribution in [0.3, 0.4) is 0 Å². The second-order valence-electron chi connectivity index (χ2n) is 3.43. The Bertz CT molecular complexity index is 810. The van der Waals surface area contributed by atoms with E-state index in [0.717, 1.165) is 0 Å². The molecule has 0 bridgehead atoms. The van der Waals surface area contributed by atoms with E-state index in [9.17, 15) is 9.59 Å². The van der Waals surface area contributed by atoms with Crippen LogP contribution in [-0.4, -0.2) is 24.1 Å². The van der Waals surface area contributed by atoms with E-state index in [1.54, 1.807) is 29.9 Å². The van der Waals surface area contributed by atoms with Crippen molar-refractivity contribution >= 4 is 16.8 Å². The smallest absolute Gasteiger partial charge is 0.334 e. The molecule has 0 atom stereocenters. The summed E-state index contributed by atoms with van der Waals surface area (Å²) in [6, 6.07) is 3.49. The molecule has 7 heteroatoms. The number of hydrogen-bond acceptors (Lipinski definition) is 4. The molecule has 80 valence electrons. The maximum absolute atomic E-state index is 11.6. The van der Waals surface area contributed by atoms with Crippen molar-refractivity contribution in [3.63, 3.8) is 0 Å². The molecule has 3 aromatic heterocycles. The predicted octanol–water partition coefficient (Wildman–Crippen LogP) is -0.731. The van der Waals surface area contributed by atoms with E-state index in [4.69, 9.17) is 0 Å². The highest BCUT2D eigenvalue weighted by atomic mass is 16.2. The van der Waals surface area contributed by atoms with Crippen molar-refractivity contribution in [2.45, 2.75) is 0 Å². The van der Waals surface area contributed by atoms with Crippen molar-refractivity contribution < 1.29 is 0 Å². The second kappa shape index (κ2) is 2.78. The molecule has 0 amide bonds. The van der Waals surface area contributed by atoms with Gasteiger partial charge in [0.2, 0.25) is 5.65 Å². The fraction of sp³-hybridized carbons (Fsp3) is 0.111. The first-order chi connectivity index (χ1) is 7.68. The van der Waals surface area contributed by atoms with Gasteiger partial charge in [0.25, 0.3) is 0 Å². The van der Waals surface area contributed by atoms with Gasteiger partial charge in [0, 0.05) is 13.2 Å². The van der Waals surface area contributed by atoms with Gasteiger partial charge in [0.15, 0.2) is 5.65 Å². The molecule has 0 saturated heterocycles. The van der Waals surface area contributed by atoms with E-state index in [2.05, 4.69) is 15.2 Å². The summed E-state index contributed by atoms with van der Waals surface area (Å²) in [7, 11) is 1.76. The number of nitrogens with zero attached hydrogens (tertiary/aromatic N) is 4. The monoisotopic (exact) mass is 217 g/mol. The van der Waals surface area contributed by atoms with Crippen LogP contribution in [0.4, 0.5) is 0 Å². The number of aromatic nitrogens is 5. The van der Waals surface area contributed by atoms with Gasteiger partial charge in [0.05, 0.1) is 5.52 Å². The maximum atomic E-state index is 11.6. The van der Waals surface area contributed by atoms with Crippen LogP contribution >= 0.6 is 0 Å². The van der Waals surface area contributed by atoms with Gasteiger partial charge in [-0.25, -0.2) is 14.3 Å². The number of aromatic amines is 1. The topological polar surface area (TPSA) is 85.0 Å². The van der Waals surface area contributed by atoms with E-state index >= 15 is 0 Å². The van der Waals surface area contributed by atoms with Crippen LogP contribution in [0.2, 0.25) is 0 Å². The molecule has 3 heterocycles. The molecular weight excluding hydrogens is 210 g/mol. The molecule has 7 nitrogen and oxygen atoms in total. The normalized spacial score (nSPS) is 11.3. The quantitative estimate of drug-likeness (QED) is 0.538. The molecule has 0 fully saturated rings. The minimum absolute atomic E-state index is 0.0173. The lowest BCUT2D eigenvalue weighted by Crippen LogP contribution is -2.18. The fourth-order valence-corrected chi connectivity index (χ4v) is 1.71. The number of rotatable bonds is 0. The van der Waals surface area contributed by atoms with Gasteiger partial charge in [0.1, 0.15) is 0 Å². The van der Waals surface area contributed by atoms with Gasteiger partial charge in [-0.15, -0.1) is 5.10 Å². The highest BCUT2D eigenvalue weighted by molar-refractivity contribution is 5.73. The van der Waals surface area contributed by atoms with Gasteiger partial charge in [-0.3, -0.25) is 4.79 Å². The summed E-state index contributed by atoms with van der Waals surface area (Å²) in [6.07, 6.45) is 1.76. The Kier molecular flexibility index (Phi) is 1.54. The van der Waals surface area contributed by atoms with Crippen molar-refractivity contribution in [3.8, 4) is 0 Å².